The minimum Gasteiger partial charge on any atom is -0.446 e. The first-order valence-electron chi connectivity index (χ1n) is 27.9. The number of amidine groups is 1. The van der Waals surface area contributed by atoms with Crippen LogP contribution < -0.4 is 21.1 Å². The minimum absolute atomic E-state index is 0.0149. The summed E-state index contributed by atoms with van der Waals surface area (Å²) < 4.78 is 118. The molecule has 1 aliphatic heterocycles. The lowest BCUT2D eigenvalue weighted by Crippen LogP contribution is -2.37. The molecule has 1 aromatic heterocycles. The number of fused-ring (bicyclic) bond motifs is 1. The lowest BCUT2D eigenvalue weighted by atomic mass is 9.96. The van der Waals surface area contributed by atoms with Crippen molar-refractivity contribution in [3.8, 4) is 5.75 Å². The molecule has 0 bridgehead atoms. The molecule has 0 atom stereocenters. The molecule has 1 saturated carbocycles. The van der Waals surface area contributed by atoms with Crippen molar-refractivity contribution in [3.63, 3.8) is 0 Å². The summed E-state index contributed by atoms with van der Waals surface area (Å²) in [6.07, 6.45) is 9.69. The van der Waals surface area contributed by atoms with Crippen molar-refractivity contribution in [1.82, 2.24) is 15.5 Å². The molecule has 458 valence electrons. The molecule has 0 spiro atoms. The number of nitrogens with one attached hydrogen (secondary N) is 2. The van der Waals surface area contributed by atoms with Gasteiger partial charge in [0.25, 0.3) is 0 Å². The standard InChI is InChI=1S/C55H83F4N5O16S/c1-2-15-64(16-7-14-62-55(68)79-42-8-6-9-42)54(67)41-37-47-46(63-48(60)38-41)39-43(81-47)10-4-3-5-13-61-49(65)11-17-69-19-21-71-23-25-73-27-29-75-31-33-77-35-36-78-34-32-76-30-28-74-26-24-72-22-20-70-18-12-50(66)80-53-51(58)44(56)40-45(57)52(53)59/h37,39-40,42H,2-36,38H2,1H3,(H2,60,63)(H,61,65)(H,62,68). The number of ether oxygens (including phenoxy) is 12. The summed E-state index contributed by atoms with van der Waals surface area (Å²) in [5.74, 6) is -9.24. The number of aryl methyl sites for hydroxylation is 1. The number of rotatable bonds is 48. The number of carbonyl (C=O) groups is 4. The van der Waals surface area contributed by atoms with Gasteiger partial charge < -0.3 is 78.1 Å². The van der Waals surface area contributed by atoms with Gasteiger partial charge in [0, 0.05) is 55.5 Å². The Morgan fingerprint density at radius 1 is 0.630 bits per heavy atom. The number of benzene rings is 1. The van der Waals surface area contributed by atoms with Crippen molar-refractivity contribution in [2.75, 3.05) is 158 Å². The quantitative estimate of drug-likeness (QED) is 0.0214. The predicted molar refractivity (Wildman–Crippen MR) is 292 cm³/mol. The van der Waals surface area contributed by atoms with Crippen LogP contribution in [0.25, 0.3) is 6.08 Å². The highest BCUT2D eigenvalue weighted by molar-refractivity contribution is 7.13. The average Bonchev–Trinajstić information content (AvgIpc) is 4.01. The lowest BCUT2D eigenvalue weighted by Gasteiger charge is -2.25. The van der Waals surface area contributed by atoms with E-state index in [-0.39, 0.29) is 63.3 Å². The number of esters is 1. The SMILES string of the molecule is CCCN(CCCNC(=O)OC1CCC1)C(=O)C1=Cc2sc(CCCCCNC(=O)CCOCCOCCOCCOCCOCCOCCOCCOCCOCCOCCC(=O)Oc3c(F)c(F)cc(F)c3F)cc2N=C(N)C1. The maximum Gasteiger partial charge on any atom is 0.407 e. The molecule has 1 aromatic carbocycles. The van der Waals surface area contributed by atoms with Crippen LogP contribution in [-0.4, -0.2) is 199 Å². The number of thiophene rings is 1. The molecule has 4 rings (SSSR count). The molecular formula is C55H83F4N5O16S. The van der Waals surface area contributed by atoms with Gasteiger partial charge in [0.15, 0.2) is 11.6 Å². The molecule has 2 aliphatic rings. The van der Waals surface area contributed by atoms with Crippen molar-refractivity contribution < 1.29 is 93.6 Å². The highest BCUT2D eigenvalue weighted by Crippen LogP contribution is 2.36. The first-order valence-corrected chi connectivity index (χ1v) is 28.7. The van der Waals surface area contributed by atoms with E-state index in [0.29, 0.717) is 150 Å². The van der Waals surface area contributed by atoms with Gasteiger partial charge in [-0.15, -0.1) is 11.3 Å². The normalized spacial score (nSPS) is 13.2. The second-order valence-electron chi connectivity index (χ2n) is 18.5. The van der Waals surface area contributed by atoms with Crippen molar-refractivity contribution in [2.24, 2.45) is 10.7 Å². The van der Waals surface area contributed by atoms with Crippen LogP contribution >= 0.6 is 11.3 Å². The van der Waals surface area contributed by atoms with Crippen LogP contribution in [0.4, 0.5) is 28.0 Å². The second kappa shape index (κ2) is 42.9. The highest BCUT2D eigenvalue weighted by Gasteiger charge is 2.25. The Labute approximate surface area is 476 Å². The first-order chi connectivity index (χ1) is 39.4. The van der Waals surface area contributed by atoms with E-state index in [1.54, 1.807) is 11.3 Å². The van der Waals surface area contributed by atoms with E-state index in [1.165, 1.54) is 4.88 Å². The number of unbranched alkanes of at least 4 members (excludes halogenated alkanes) is 2. The number of halogens is 4. The molecule has 0 saturated heterocycles. The van der Waals surface area contributed by atoms with Gasteiger partial charge in [-0.05, 0) is 63.5 Å². The summed E-state index contributed by atoms with van der Waals surface area (Å²) in [5, 5.41) is 5.76. The molecule has 4 N–H and O–H groups in total. The Hall–Kier alpha value is -4.87. The third-order valence-corrected chi connectivity index (χ3v) is 13.1. The molecule has 0 radical (unpaired) electrons. The van der Waals surface area contributed by atoms with E-state index < -0.39 is 47.5 Å². The zero-order valence-corrected chi connectivity index (χ0v) is 47.5. The van der Waals surface area contributed by atoms with Crippen LogP contribution in [0.3, 0.4) is 0 Å². The molecule has 0 unspecified atom stereocenters. The zero-order chi connectivity index (χ0) is 58.1. The molecule has 1 aliphatic carbocycles. The number of hydrogen-bond donors (Lipinski definition) is 3. The third-order valence-electron chi connectivity index (χ3n) is 12.0. The monoisotopic (exact) mass is 1180 g/mol. The summed E-state index contributed by atoms with van der Waals surface area (Å²) in [6, 6.07) is 2.07. The molecular weight excluding hydrogens is 1090 g/mol. The van der Waals surface area contributed by atoms with E-state index in [9.17, 15) is 36.7 Å². The summed E-state index contributed by atoms with van der Waals surface area (Å²) in [7, 11) is 0. The van der Waals surface area contributed by atoms with Gasteiger partial charge in [-0.1, -0.05) is 13.3 Å². The summed E-state index contributed by atoms with van der Waals surface area (Å²) >= 11 is 1.63. The van der Waals surface area contributed by atoms with Gasteiger partial charge in [-0.2, -0.15) is 8.78 Å². The summed E-state index contributed by atoms with van der Waals surface area (Å²) in [5.41, 5.74) is 7.68. The van der Waals surface area contributed by atoms with E-state index in [1.807, 2.05) is 17.9 Å². The molecule has 26 heteroatoms. The second-order valence-corrected chi connectivity index (χ2v) is 19.7. The molecule has 81 heavy (non-hydrogen) atoms. The number of carbonyl (C=O) groups excluding carboxylic acids is 4. The fraction of sp³-hybridized carbons (Fsp3) is 0.691. The van der Waals surface area contributed by atoms with Crippen LogP contribution in [0.2, 0.25) is 0 Å². The number of nitrogens with two attached hydrogens (primary N) is 1. The number of aliphatic imine (C=N–C) groups is 1. The summed E-state index contributed by atoms with van der Waals surface area (Å²) in [4.78, 5) is 58.2. The van der Waals surface area contributed by atoms with E-state index in [2.05, 4.69) is 26.4 Å². The Bertz CT molecular complexity index is 2170. The molecule has 21 nitrogen and oxygen atoms in total. The topological polar surface area (TPSA) is 245 Å². The molecule has 1 fully saturated rings. The van der Waals surface area contributed by atoms with Crippen molar-refractivity contribution in [3.05, 3.63) is 50.7 Å². The van der Waals surface area contributed by atoms with E-state index >= 15 is 0 Å². The van der Waals surface area contributed by atoms with Gasteiger partial charge in [0.2, 0.25) is 29.2 Å². The average molecular weight is 1180 g/mol. The predicted octanol–water partition coefficient (Wildman–Crippen LogP) is 6.37. The smallest absolute Gasteiger partial charge is 0.407 e. The van der Waals surface area contributed by atoms with Crippen molar-refractivity contribution in [1.29, 1.82) is 0 Å². The van der Waals surface area contributed by atoms with Gasteiger partial charge in [-0.25, -0.2) is 18.6 Å². The van der Waals surface area contributed by atoms with Crippen molar-refractivity contribution in [2.45, 2.75) is 90.1 Å². The number of hydrogen-bond acceptors (Lipinski definition) is 19. The largest absolute Gasteiger partial charge is 0.446 e. The van der Waals surface area contributed by atoms with Crippen molar-refractivity contribution >= 4 is 52.8 Å². The minimum atomic E-state index is -1.80. The van der Waals surface area contributed by atoms with Crippen LogP contribution in [0.5, 0.6) is 5.75 Å². The molecule has 2 aromatic rings. The Morgan fingerprint density at radius 2 is 1.12 bits per heavy atom. The Balaban J connectivity index is 0.832. The fourth-order valence-corrected chi connectivity index (χ4v) is 8.66. The first kappa shape index (κ1) is 68.6. The molecule has 2 heterocycles. The lowest BCUT2D eigenvalue weighted by molar-refractivity contribution is -0.136. The highest BCUT2D eigenvalue weighted by atomic mass is 32.1. The maximum absolute atomic E-state index is 13.7. The van der Waals surface area contributed by atoms with Gasteiger partial charge >= 0.3 is 12.1 Å². The van der Waals surface area contributed by atoms with Crippen LogP contribution in [0, 0.1) is 23.3 Å². The van der Waals surface area contributed by atoms with Crippen LogP contribution in [-0.2, 0) is 72.9 Å². The zero-order valence-electron chi connectivity index (χ0n) is 46.7. The van der Waals surface area contributed by atoms with Crippen LogP contribution in [0.15, 0.2) is 22.7 Å². The van der Waals surface area contributed by atoms with Crippen LogP contribution in [0.1, 0.15) is 87.3 Å². The Morgan fingerprint density at radius 3 is 1.62 bits per heavy atom. The number of nitrogens with zero attached hydrogens (tertiary/aromatic N) is 2. The van der Waals surface area contributed by atoms with Gasteiger partial charge in [-0.3, -0.25) is 14.4 Å². The number of alkyl carbamates (subject to hydrolysis) is 1. The molecule has 3 amide bonds. The number of amides is 3. The van der Waals surface area contributed by atoms with Gasteiger partial charge in [0.05, 0.1) is 149 Å². The van der Waals surface area contributed by atoms with Gasteiger partial charge in [0.1, 0.15) is 11.9 Å². The maximum atomic E-state index is 13.7. The van der Waals surface area contributed by atoms with E-state index in [4.69, 9.17) is 57.8 Å². The Kier molecular flexibility index (Phi) is 36.3. The fourth-order valence-electron chi connectivity index (χ4n) is 7.55. The summed E-state index contributed by atoms with van der Waals surface area (Å²) in [6.45, 7) is 10.9. The van der Waals surface area contributed by atoms with E-state index in [0.717, 1.165) is 61.9 Å². The third kappa shape index (κ3) is 30.3.